The molecule has 1 aliphatic heterocycles. The number of hydrogen-bond acceptors (Lipinski definition) is 5. The van der Waals surface area contributed by atoms with Crippen LogP contribution in [0.15, 0.2) is 36.4 Å². The highest BCUT2D eigenvalue weighted by Gasteiger charge is 2.29. The monoisotopic (exact) mass is 451 g/mol. The molecule has 0 fully saturated rings. The van der Waals surface area contributed by atoms with Gasteiger partial charge in [-0.3, -0.25) is 19.7 Å². The molecule has 0 unspecified atom stereocenters. The Morgan fingerprint density at radius 3 is 2.72 bits per heavy atom. The Morgan fingerprint density at radius 1 is 1.16 bits per heavy atom. The molecular formula is C18H14INO5. The molecule has 0 aliphatic carbocycles. The van der Waals surface area contributed by atoms with Crippen molar-refractivity contribution in [3.8, 4) is 5.75 Å². The predicted octanol–water partition coefficient (Wildman–Crippen LogP) is 2.47. The summed E-state index contributed by atoms with van der Waals surface area (Å²) < 4.78 is 11.5. The number of carbonyl (C=O) groups excluding carboxylic acids is 3. The third-order valence-corrected chi connectivity index (χ3v) is 4.69. The van der Waals surface area contributed by atoms with Gasteiger partial charge in [-0.25, -0.2) is 0 Å². The molecule has 1 N–H and O–H groups in total. The number of hydrogen-bond donors (Lipinski definition) is 1. The number of ether oxygens (including phenoxy) is 2. The van der Waals surface area contributed by atoms with E-state index in [0.717, 1.165) is 9.13 Å². The summed E-state index contributed by atoms with van der Waals surface area (Å²) in [6.07, 6.45) is -0.0780. The summed E-state index contributed by atoms with van der Waals surface area (Å²) in [7, 11) is 1.58. The molecule has 2 aromatic carbocycles. The number of halogens is 1. The van der Waals surface area contributed by atoms with Crippen molar-refractivity contribution in [1.29, 1.82) is 0 Å². The van der Waals surface area contributed by atoms with Crippen LogP contribution in [0.25, 0.3) is 0 Å². The lowest BCUT2D eigenvalue weighted by molar-refractivity contribution is -0.144. The van der Waals surface area contributed by atoms with E-state index in [1.165, 1.54) is 0 Å². The smallest absolute Gasteiger partial charge is 0.310 e. The van der Waals surface area contributed by atoms with Gasteiger partial charge < -0.3 is 9.47 Å². The molecule has 1 aliphatic rings. The van der Waals surface area contributed by atoms with Gasteiger partial charge in [0.05, 0.1) is 28.2 Å². The van der Waals surface area contributed by atoms with Gasteiger partial charge in [0.15, 0.2) is 0 Å². The zero-order valence-corrected chi connectivity index (χ0v) is 15.5. The average Bonchev–Trinajstić information content (AvgIpc) is 2.89. The van der Waals surface area contributed by atoms with Crippen molar-refractivity contribution in [2.75, 3.05) is 7.11 Å². The van der Waals surface area contributed by atoms with Crippen LogP contribution in [0.4, 0.5) is 0 Å². The lowest BCUT2D eigenvalue weighted by atomic mass is 10.0. The SMILES string of the molecule is COc1cc(COC(=O)Cc2cccc3c2C(=O)NC3=O)ccc1I. The number of esters is 1. The van der Waals surface area contributed by atoms with Crippen LogP contribution in [0.2, 0.25) is 0 Å². The van der Waals surface area contributed by atoms with Crippen molar-refractivity contribution in [3.05, 3.63) is 62.2 Å². The fourth-order valence-electron chi connectivity index (χ4n) is 2.60. The molecule has 128 valence electrons. The fraction of sp³-hybridized carbons (Fsp3) is 0.167. The van der Waals surface area contributed by atoms with Gasteiger partial charge >= 0.3 is 5.97 Å². The molecule has 3 rings (SSSR count). The fourth-order valence-corrected chi connectivity index (χ4v) is 3.16. The highest BCUT2D eigenvalue weighted by Crippen LogP contribution is 2.23. The number of fused-ring (bicyclic) bond motifs is 1. The Hall–Kier alpha value is -2.42. The van der Waals surface area contributed by atoms with E-state index in [1.54, 1.807) is 31.4 Å². The zero-order valence-electron chi connectivity index (χ0n) is 13.3. The molecular weight excluding hydrogens is 437 g/mol. The molecule has 25 heavy (non-hydrogen) atoms. The normalized spacial score (nSPS) is 12.6. The van der Waals surface area contributed by atoms with Gasteiger partial charge in [-0.05, 0) is 51.9 Å². The molecule has 0 saturated heterocycles. The van der Waals surface area contributed by atoms with E-state index in [4.69, 9.17) is 9.47 Å². The number of nitrogens with one attached hydrogen (secondary N) is 1. The van der Waals surface area contributed by atoms with Crippen LogP contribution >= 0.6 is 22.6 Å². The molecule has 2 amide bonds. The van der Waals surface area contributed by atoms with Crippen molar-refractivity contribution in [2.24, 2.45) is 0 Å². The van der Waals surface area contributed by atoms with E-state index in [-0.39, 0.29) is 24.2 Å². The van der Waals surface area contributed by atoms with E-state index >= 15 is 0 Å². The van der Waals surface area contributed by atoms with Gasteiger partial charge in [-0.2, -0.15) is 0 Å². The van der Waals surface area contributed by atoms with E-state index in [0.29, 0.717) is 11.3 Å². The van der Waals surface area contributed by atoms with E-state index < -0.39 is 17.8 Å². The second-order valence-electron chi connectivity index (χ2n) is 5.43. The minimum Gasteiger partial charge on any atom is -0.496 e. The maximum absolute atomic E-state index is 12.1. The second kappa shape index (κ2) is 7.22. The lowest BCUT2D eigenvalue weighted by Gasteiger charge is -2.09. The van der Waals surface area contributed by atoms with Gasteiger partial charge in [0.1, 0.15) is 12.4 Å². The first-order valence-corrected chi connectivity index (χ1v) is 8.53. The standard InChI is InChI=1S/C18H14INO5/c1-24-14-7-10(5-6-13(14)19)9-25-15(21)8-11-3-2-4-12-16(11)18(23)20-17(12)22/h2-7H,8-9H2,1H3,(H,20,22,23). The van der Waals surface area contributed by atoms with Crippen LogP contribution in [0.5, 0.6) is 5.75 Å². The quantitative estimate of drug-likeness (QED) is 0.429. The molecule has 7 heteroatoms. The number of carbonyl (C=O) groups is 3. The summed E-state index contributed by atoms with van der Waals surface area (Å²) in [6, 6.07) is 10.4. The number of amides is 2. The van der Waals surface area contributed by atoms with Crippen LogP contribution in [0.3, 0.4) is 0 Å². The maximum atomic E-state index is 12.1. The van der Waals surface area contributed by atoms with Gasteiger partial charge in [-0.15, -0.1) is 0 Å². The average molecular weight is 451 g/mol. The summed E-state index contributed by atoms with van der Waals surface area (Å²) in [5.41, 5.74) is 1.82. The Morgan fingerprint density at radius 2 is 1.96 bits per heavy atom. The minimum absolute atomic E-state index is 0.0780. The molecule has 0 bridgehead atoms. The van der Waals surface area contributed by atoms with Gasteiger partial charge in [0.2, 0.25) is 0 Å². The number of methoxy groups -OCH3 is 1. The van der Waals surface area contributed by atoms with E-state index in [1.807, 2.05) is 12.1 Å². The summed E-state index contributed by atoms with van der Waals surface area (Å²) in [5, 5.41) is 2.23. The third kappa shape index (κ3) is 3.65. The van der Waals surface area contributed by atoms with Crippen LogP contribution in [-0.2, 0) is 22.6 Å². The molecule has 2 aromatic rings. The summed E-state index contributed by atoms with van der Waals surface area (Å²) in [6.45, 7) is 0.103. The van der Waals surface area contributed by atoms with Crippen LogP contribution in [-0.4, -0.2) is 24.9 Å². The molecule has 0 saturated carbocycles. The first kappa shape index (κ1) is 17.4. The Balaban J connectivity index is 1.68. The molecule has 6 nitrogen and oxygen atoms in total. The van der Waals surface area contributed by atoms with Gasteiger partial charge in [-0.1, -0.05) is 18.2 Å². The first-order chi connectivity index (χ1) is 12.0. The van der Waals surface area contributed by atoms with E-state index in [9.17, 15) is 14.4 Å². The first-order valence-electron chi connectivity index (χ1n) is 7.45. The largest absolute Gasteiger partial charge is 0.496 e. The Kier molecular flexibility index (Phi) is 5.03. The minimum atomic E-state index is -0.481. The second-order valence-corrected chi connectivity index (χ2v) is 6.59. The molecule has 0 spiro atoms. The zero-order chi connectivity index (χ0) is 18.0. The maximum Gasteiger partial charge on any atom is 0.310 e. The van der Waals surface area contributed by atoms with Gasteiger partial charge in [0, 0.05) is 0 Å². The summed E-state index contributed by atoms with van der Waals surface area (Å²) in [5.74, 6) is -0.685. The highest BCUT2D eigenvalue weighted by atomic mass is 127. The number of rotatable bonds is 5. The summed E-state index contributed by atoms with van der Waals surface area (Å²) >= 11 is 2.16. The van der Waals surface area contributed by atoms with Crippen molar-refractivity contribution >= 4 is 40.4 Å². The van der Waals surface area contributed by atoms with Crippen LogP contribution in [0, 0.1) is 3.57 Å². The van der Waals surface area contributed by atoms with Gasteiger partial charge in [0.25, 0.3) is 11.8 Å². The molecule has 0 aromatic heterocycles. The molecule has 0 radical (unpaired) electrons. The van der Waals surface area contributed by atoms with Crippen molar-refractivity contribution < 1.29 is 23.9 Å². The van der Waals surface area contributed by atoms with Crippen molar-refractivity contribution in [2.45, 2.75) is 13.0 Å². The molecule has 1 heterocycles. The third-order valence-electron chi connectivity index (χ3n) is 3.80. The van der Waals surface area contributed by atoms with Crippen LogP contribution < -0.4 is 10.1 Å². The van der Waals surface area contributed by atoms with Crippen molar-refractivity contribution in [1.82, 2.24) is 5.32 Å². The highest BCUT2D eigenvalue weighted by molar-refractivity contribution is 14.1. The van der Waals surface area contributed by atoms with E-state index in [2.05, 4.69) is 27.9 Å². The predicted molar refractivity (Wildman–Crippen MR) is 97.4 cm³/mol. The Labute approximate surface area is 157 Å². The summed E-state index contributed by atoms with van der Waals surface area (Å²) in [4.78, 5) is 35.6. The topological polar surface area (TPSA) is 81.7 Å². The number of benzene rings is 2. The molecule has 0 atom stereocenters. The van der Waals surface area contributed by atoms with Crippen molar-refractivity contribution in [3.63, 3.8) is 0 Å². The van der Waals surface area contributed by atoms with Crippen LogP contribution in [0.1, 0.15) is 31.8 Å². The lowest BCUT2D eigenvalue weighted by Crippen LogP contribution is -2.20. The Bertz CT molecular complexity index is 878. The number of imide groups is 1.